The van der Waals surface area contributed by atoms with Crippen LogP contribution in [-0.2, 0) is 0 Å². The lowest BCUT2D eigenvalue weighted by atomic mass is 10.1. The molecule has 0 bridgehead atoms. The molecule has 0 radical (unpaired) electrons. The fraction of sp³-hybridized carbons (Fsp3) is 0.357. The van der Waals surface area contributed by atoms with Crippen molar-refractivity contribution in [3.8, 4) is 11.4 Å². The van der Waals surface area contributed by atoms with Crippen LogP contribution < -0.4 is 10.6 Å². The van der Waals surface area contributed by atoms with Gasteiger partial charge in [-0.2, -0.15) is 15.0 Å². The SMILES string of the molecule is Nc1nc(-c2ccc(F)cc2Cl)nc(N2CCCCC2)n1. The number of benzene rings is 1. The molecule has 2 aromatic rings. The number of hydrogen-bond acceptors (Lipinski definition) is 5. The zero-order valence-corrected chi connectivity index (χ0v) is 12.1. The Hall–Kier alpha value is -1.95. The number of aromatic nitrogens is 3. The molecule has 0 spiro atoms. The predicted octanol–water partition coefficient (Wildman–Crippen LogP) is 2.90. The smallest absolute Gasteiger partial charge is 0.230 e. The highest BCUT2D eigenvalue weighted by Gasteiger charge is 2.17. The van der Waals surface area contributed by atoms with Crippen LogP contribution in [0.1, 0.15) is 19.3 Å². The summed E-state index contributed by atoms with van der Waals surface area (Å²) in [4.78, 5) is 14.8. The van der Waals surface area contributed by atoms with Crippen LogP contribution in [0.4, 0.5) is 16.3 Å². The Balaban J connectivity index is 2.00. The molecule has 1 aromatic heterocycles. The van der Waals surface area contributed by atoms with Gasteiger partial charge in [0.15, 0.2) is 5.82 Å². The van der Waals surface area contributed by atoms with E-state index in [1.54, 1.807) is 6.07 Å². The number of nitrogen functional groups attached to an aromatic ring is 1. The molecule has 1 aliphatic rings. The quantitative estimate of drug-likeness (QED) is 0.924. The number of rotatable bonds is 2. The highest BCUT2D eigenvalue weighted by atomic mass is 35.5. The van der Waals surface area contributed by atoms with E-state index in [1.165, 1.54) is 18.6 Å². The number of anilines is 2. The topological polar surface area (TPSA) is 67.9 Å². The number of nitrogens with two attached hydrogens (primary N) is 1. The molecule has 0 unspecified atom stereocenters. The monoisotopic (exact) mass is 307 g/mol. The minimum Gasteiger partial charge on any atom is -0.368 e. The molecule has 1 saturated heterocycles. The van der Waals surface area contributed by atoms with Crippen molar-refractivity contribution in [3.63, 3.8) is 0 Å². The van der Waals surface area contributed by atoms with Crippen LogP contribution in [0, 0.1) is 5.82 Å². The summed E-state index contributed by atoms with van der Waals surface area (Å²) in [5.74, 6) is 0.661. The van der Waals surface area contributed by atoms with E-state index in [0.717, 1.165) is 25.9 Å². The van der Waals surface area contributed by atoms with Crippen LogP contribution >= 0.6 is 11.6 Å². The summed E-state index contributed by atoms with van der Waals surface area (Å²) in [7, 11) is 0. The lowest BCUT2D eigenvalue weighted by Gasteiger charge is -2.26. The highest BCUT2D eigenvalue weighted by Crippen LogP contribution is 2.27. The Labute approximate surface area is 127 Å². The van der Waals surface area contributed by atoms with Crippen molar-refractivity contribution in [1.82, 2.24) is 15.0 Å². The largest absolute Gasteiger partial charge is 0.368 e. The molecular formula is C14H15ClFN5. The normalized spacial score (nSPS) is 15.2. The second-order valence-electron chi connectivity index (χ2n) is 4.99. The zero-order chi connectivity index (χ0) is 14.8. The number of halogens is 2. The van der Waals surface area contributed by atoms with Crippen molar-refractivity contribution in [2.24, 2.45) is 0 Å². The van der Waals surface area contributed by atoms with Gasteiger partial charge >= 0.3 is 0 Å². The molecule has 2 heterocycles. The van der Waals surface area contributed by atoms with Crippen molar-refractivity contribution in [3.05, 3.63) is 29.0 Å². The molecule has 0 aliphatic carbocycles. The van der Waals surface area contributed by atoms with E-state index in [9.17, 15) is 4.39 Å². The summed E-state index contributed by atoms with van der Waals surface area (Å²) in [6, 6.07) is 4.10. The van der Waals surface area contributed by atoms with Crippen LogP contribution in [0.25, 0.3) is 11.4 Å². The molecule has 110 valence electrons. The second-order valence-corrected chi connectivity index (χ2v) is 5.40. The Kier molecular flexibility index (Phi) is 3.88. The van der Waals surface area contributed by atoms with Crippen LogP contribution in [0.3, 0.4) is 0 Å². The maximum Gasteiger partial charge on any atom is 0.230 e. The Morgan fingerprint density at radius 2 is 1.86 bits per heavy atom. The van der Waals surface area contributed by atoms with E-state index in [4.69, 9.17) is 17.3 Å². The summed E-state index contributed by atoms with van der Waals surface area (Å²) in [6.07, 6.45) is 3.43. The van der Waals surface area contributed by atoms with Gasteiger partial charge in [-0.1, -0.05) is 11.6 Å². The number of hydrogen-bond donors (Lipinski definition) is 1. The van der Waals surface area contributed by atoms with Gasteiger partial charge in [0.05, 0.1) is 5.02 Å². The maximum absolute atomic E-state index is 13.1. The Morgan fingerprint density at radius 1 is 1.10 bits per heavy atom. The van der Waals surface area contributed by atoms with Gasteiger partial charge in [0.2, 0.25) is 11.9 Å². The molecule has 7 heteroatoms. The summed E-state index contributed by atoms with van der Waals surface area (Å²) >= 11 is 6.06. The summed E-state index contributed by atoms with van der Waals surface area (Å²) < 4.78 is 13.1. The molecule has 21 heavy (non-hydrogen) atoms. The number of piperidine rings is 1. The molecule has 3 rings (SSSR count). The van der Waals surface area contributed by atoms with Crippen molar-refractivity contribution in [2.45, 2.75) is 19.3 Å². The van der Waals surface area contributed by atoms with Crippen LogP contribution in [0.15, 0.2) is 18.2 Å². The molecule has 5 nitrogen and oxygen atoms in total. The molecule has 1 aromatic carbocycles. The maximum atomic E-state index is 13.1. The average molecular weight is 308 g/mol. The van der Waals surface area contributed by atoms with Gasteiger partial charge in [-0.25, -0.2) is 4.39 Å². The first-order chi connectivity index (χ1) is 10.1. The third-order valence-electron chi connectivity index (χ3n) is 3.45. The number of nitrogens with zero attached hydrogens (tertiary/aromatic N) is 4. The van der Waals surface area contributed by atoms with E-state index < -0.39 is 5.82 Å². The Bertz CT molecular complexity index is 658. The molecule has 1 fully saturated rings. The van der Waals surface area contributed by atoms with Gasteiger partial charge < -0.3 is 10.6 Å². The Morgan fingerprint density at radius 3 is 2.57 bits per heavy atom. The summed E-state index contributed by atoms with van der Waals surface area (Å²) in [5.41, 5.74) is 6.32. The van der Waals surface area contributed by atoms with E-state index in [0.29, 0.717) is 17.3 Å². The van der Waals surface area contributed by atoms with Crippen LogP contribution in [0.5, 0.6) is 0 Å². The van der Waals surface area contributed by atoms with Crippen molar-refractivity contribution in [1.29, 1.82) is 0 Å². The standard InChI is InChI=1S/C14H15ClFN5/c15-11-8-9(16)4-5-10(11)12-18-13(17)20-14(19-12)21-6-2-1-3-7-21/h4-5,8H,1-3,6-7H2,(H2,17,18,19,20). The minimum atomic E-state index is -0.401. The van der Waals surface area contributed by atoms with Gasteiger partial charge in [0, 0.05) is 18.7 Å². The highest BCUT2D eigenvalue weighted by molar-refractivity contribution is 6.33. The molecule has 0 atom stereocenters. The molecular weight excluding hydrogens is 293 g/mol. The predicted molar refractivity (Wildman–Crippen MR) is 80.7 cm³/mol. The van der Waals surface area contributed by atoms with E-state index in [2.05, 4.69) is 19.9 Å². The summed E-state index contributed by atoms with van der Waals surface area (Å²) in [5, 5.41) is 0.255. The van der Waals surface area contributed by atoms with Gasteiger partial charge in [-0.3, -0.25) is 0 Å². The lowest BCUT2D eigenvalue weighted by Crippen LogP contribution is -2.31. The molecule has 0 saturated carbocycles. The average Bonchev–Trinajstić information content (AvgIpc) is 2.47. The zero-order valence-electron chi connectivity index (χ0n) is 11.4. The van der Waals surface area contributed by atoms with Gasteiger partial charge in [-0.05, 0) is 37.5 Å². The van der Waals surface area contributed by atoms with Crippen molar-refractivity contribution < 1.29 is 4.39 Å². The first kappa shape index (κ1) is 14.0. The third kappa shape index (κ3) is 3.05. The van der Waals surface area contributed by atoms with Gasteiger partial charge in [0.1, 0.15) is 5.82 Å². The third-order valence-corrected chi connectivity index (χ3v) is 3.76. The molecule has 2 N–H and O–H groups in total. The van der Waals surface area contributed by atoms with Gasteiger partial charge in [-0.15, -0.1) is 0 Å². The van der Waals surface area contributed by atoms with Crippen LogP contribution in [0.2, 0.25) is 5.02 Å². The van der Waals surface area contributed by atoms with Gasteiger partial charge in [0.25, 0.3) is 0 Å². The summed E-state index contributed by atoms with van der Waals surface area (Å²) in [6.45, 7) is 1.81. The van der Waals surface area contributed by atoms with Crippen LogP contribution in [-0.4, -0.2) is 28.0 Å². The first-order valence-corrected chi connectivity index (χ1v) is 7.23. The molecule has 0 amide bonds. The lowest BCUT2D eigenvalue weighted by molar-refractivity contribution is 0.568. The van der Waals surface area contributed by atoms with E-state index in [1.807, 2.05) is 0 Å². The van der Waals surface area contributed by atoms with E-state index in [-0.39, 0.29) is 11.0 Å². The first-order valence-electron chi connectivity index (χ1n) is 6.85. The second kappa shape index (κ2) is 5.81. The van der Waals surface area contributed by atoms with E-state index >= 15 is 0 Å². The molecule has 1 aliphatic heterocycles. The fourth-order valence-corrected chi connectivity index (χ4v) is 2.66. The van der Waals surface area contributed by atoms with Crippen molar-refractivity contribution >= 4 is 23.5 Å². The van der Waals surface area contributed by atoms with Crippen molar-refractivity contribution in [2.75, 3.05) is 23.7 Å². The fourth-order valence-electron chi connectivity index (χ4n) is 2.41. The minimum absolute atomic E-state index is 0.140.